The minimum atomic E-state index is -1.55. The molecule has 0 bridgehead atoms. The van der Waals surface area contributed by atoms with Gasteiger partial charge in [-0.3, -0.25) is 4.90 Å². The van der Waals surface area contributed by atoms with Gasteiger partial charge in [0, 0.05) is 6.42 Å². The van der Waals surface area contributed by atoms with Gasteiger partial charge in [-0.15, -0.1) is 0 Å². The van der Waals surface area contributed by atoms with Gasteiger partial charge in [-0.2, -0.15) is 0 Å². The first-order valence-electron chi connectivity index (χ1n) is 6.88. The Morgan fingerprint density at radius 3 is 2.45 bits per heavy atom. The molecule has 1 amide bonds. The summed E-state index contributed by atoms with van der Waals surface area (Å²) < 4.78 is 24.5. The first-order valence-corrected chi connectivity index (χ1v) is 6.88. The Morgan fingerprint density at radius 1 is 1.40 bits per heavy atom. The average molecular weight is 289 g/mol. The summed E-state index contributed by atoms with van der Waals surface area (Å²) in [6, 6.07) is -0.911. The molecule has 1 fully saturated rings. The maximum Gasteiger partial charge on any atom is 0.411 e. The summed E-state index contributed by atoms with van der Waals surface area (Å²) in [5.74, 6) is -0.605. The van der Waals surface area contributed by atoms with Gasteiger partial charge in [0.1, 0.15) is 17.3 Å². The zero-order valence-electron chi connectivity index (χ0n) is 12.9. The molecule has 0 aliphatic carbocycles. The van der Waals surface area contributed by atoms with Crippen LogP contribution in [0.1, 0.15) is 47.0 Å². The van der Waals surface area contributed by atoms with Gasteiger partial charge >= 0.3 is 12.1 Å². The van der Waals surface area contributed by atoms with Crippen LogP contribution in [0, 0.1) is 0 Å². The predicted molar refractivity (Wildman–Crippen MR) is 72.1 cm³/mol. The number of rotatable bonds is 3. The van der Waals surface area contributed by atoms with Crippen LogP contribution >= 0.6 is 0 Å². The van der Waals surface area contributed by atoms with Gasteiger partial charge < -0.3 is 9.47 Å². The number of carbonyl (C=O) groups excluding carboxylic acids is 2. The molecule has 1 aliphatic rings. The number of ether oxygens (including phenoxy) is 2. The summed E-state index contributed by atoms with van der Waals surface area (Å²) in [6.45, 7) is 6.91. The lowest BCUT2D eigenvalue weighted by Gasteiger charge is -2.27. The fourth-order valence-corrected chi connectivity index (χ4v) is 2.42. The summed E-state index contributed by atoms with van der Waals surface area (Å²) in [5.41, 5.74) is -2.24. The zero-order valence-corrected chi connectivity index (χ0v) is 12.9. The van der Waals surface area contributed by atoms with E-state index in [9.17, 15) is 14.0 Å². The second-order valence-corrected chi connectivity index (χ2v) is 6.25. The second-order valence-electron chi connectivity index (χ2n) is 6.25. The molecular weight excluding hydrogens is 265 g/mol. The van der Waals surface area contributed by atoms with E-state index in [0.29, 0.717) is 12.8 Å². The first kappa shape index (κ1) is 16.7. The minimum absolute atomic E-state index is 0.0350. The van der Waals surface area contributed by atoms with E-state index in [0.717, 1.165) is 4.90 Å². The van der Waals surface area contributed by atoms with Gasteiger partial charge in [0.05, 0.1) is 13.7 Å². The largest absolute Gasteiger partial charge is 0.467 e. The number of halogens is 1. The van der Waals surface area contributed by atoms with E-state index in [1.165, 1.54) is 7.11 Å². The Kier molecular flexibility index (Phi) is 5.00. The van der Waals surface area contributed by atoms with Gasteiger partial charge in [0.2, 0.25) is 0 Å². The van der Waals surface area contributed by atoms with Gasteiger partial charge in [0.25, 0.3) is 0 Å². The van der Waals surface area contributed by atoms with E-state index < -0.39 is 29.4 Å². The molecule has 5 nitrogen and oxygen atoms in total. The molecule has 1 unspecified atom stereocenters. The highest BCUT2D eigenvalue weighted by Gasteiger charge is 2.50. The molecule has 0 aromatic rings. The van der Waals surface area contributed by atoms with Crippen LogP contribution in [0.2, 0.25) is 0 Å². The van der Waals surface area contributed by atoms with Gasteiger partial charge in [-0.05, 0) is 27.2 Å². The number of carbonyl (C=O) groups is 2. The van der Waals surface area contributed by atoms with E-state index in [2.05, 4.69) is 4.74 Å². The third-order valence-corrected chi connectivity index (χ3v) is 3.19. The number of esters is 1. The van der Waals surface area contributed by atoms with Crippen molar-refractivity contribution in [1.29, 1.82) is 0 Å². The van der Waals surface area contributed by atoms with Crippen LogP contribution < -0.4 is 0 Å². The fraction of sp³-hybridized carbons (Fsp3) is 0.857. The molecule has 0 aromatic heterocycles. The molecule has 116 valence electrons. The normalized spacial score (nSPS) is 26.5. The number of hydrogen-bond acceptors (Lipinski definition) is 4. The Labute approximate surface area is 119 Å². The topological polar surface area (TPSA) is 55.8 Å². The number of hydrogen-bond donors (Lipinski definition) is 0. The quantitative estimate of drug-likeness (QED) is 0.750. The second kappa shape index (κ2) is 5.97. The smallest absolute Gasteiger partial charge is 0.411 e. The number of alkyl halides is 1. The van der Waals surface area contributed by atoms with Crippen molar-refractivity contribution in [2.24, 2.45) is 0 Å². The molecular formula is C14H24FNO4. The van der Waals surface area contributed by atoms with E-state index in [4.69, 9.17) is 4.74 Å². The van der Waals surface area contributed by atoms with Crippen molar-refractivity contribution in [2.45, 2.75) is 64.3 Å². The molecule has 1 rings (SSSR count). The van der Waals surface area contributed by atoms with Crippen LogP contribution in [0.25, 0.3) is 0 Å². The number of methoxy groups -OCH3 is 1. The monoisotopic (exact) mass is 289 g/mol. The van der Waals surface area contributed by atoms with Gasteiger partial charge in [-0.1, -0.05) is 13.3 Å². The molecule has 0 N–H and O–H groups in total. The molecule has 1 heterocycles. The summed E-state index contributed by atoms with van der Waals surface area (Å²) in [5, 5.41) is 0. The van der Waals surface area contributed by atoms with Crippen molar-refractivity contribution in [3.8, 4) is 0 Å². The predicted octanol–water partition coefficient (Wildman–Crippen LogP) is 2.68. The molecule has 0 radical (unpaired) electrons. The van der Waals surface area contributed by atoms with Crippen LogP contribution in [-0.4, -0.2) is 47.9 Å². The Bertz CT molecular complexity index is 380. The average Bonchev–Trinajstić information content (AvgIpc) is 2.65. The third-order valence-electron chi connectivity index (χ3n) is 3.19. The molecule has 1 saturated heterocycles. The molecule has 1 aliphatic heterocycles. The zero-order chi connectivity index (χ0) is 15.6. The van der Waals surface area contributed by atoms with Crippen molar-refractivity contribution >= 4 is 12.1 Å². The summed E-state index contributed by atoms with van der Waals surface area (Å²) in [6.07, 6.45) is 0.238. The summed E-state index contributed by atoms with van der Waals surface area (Å²) in [4.78, 5) is 25.0. The lowest BCUT2D eigenvalue weighted by molar-refractivity contribution is -0.145. The standard InChI is InChI=1S/C14H24FNO4/c1-6-7-14(15)8-10(11(17)19-5)16(9-14)12(18)20-13(2,3)4/h10H,6-9H2,1-5H3/t10-,14?/m0/s1/i11+0. The first-order chi connectivity index (χ1) is 9.12. The third kappa shape index (κ3) is 4.08. The summed E-state index contributed by atoms with van der Waals surface area (Å²) >= 11 is 0. The number of nitrogens with zero attached hydrogens (tertiary/aromatic N) is 1. The Balaban J connectivity index is 2.90. The fourth-order valence-electron chi connectivity index (χ4n) is 2.42. The van der Waals surface area contributed by atoms with Crippen molar-refractivity contribution < 1.29 is 23.5 Å². The highest BCUT2D eigenvalue weighted by Crippen LogP contribution is 2.35. The highest BCUT2D eigenvalue weighted by molar-refractivity contribution is 5.82. The highest BCUT2D eigenvalue weighted by atomic mass is 19.1. The van der Waals surface area contributed by atoms with E-state index in [-0.39, 0.29) is 13.0 Å². The van der Waals surface area contributed by atoms with Crippen LogP contribution in [-0.2, 0) is 14.3 Å². The molecule has 0 saturated carbocycles. The van der Waals surface area contributed by atoms with Crippen molar-refractivity contribution in [2.75, 3.05) is 13.7 Å². The maximum atomic E-state index is 14.6. The Morgan fingerprint density at radius 2 is 2.00 bits per heavy atom. The van der Waals surface area contributed by atoms with Crippen molar-refractivity contribution in [3.05, 3.63) is 0 Å². The number of likely N-dealkylation sites (tertiary alicyclic amines) is 1. The van der Waals surface area contributed by atoms with Crippen LogP contribution in [0.3, 0.4) is 0 Å². The molecule has 0 aromatic carbocycles. The van der Waals surface area contributed by atoms with Crippen LogP contribution in [0.15, 0.2) is 0 Å². The van der Waals surface area contributed by atoms with Gasteiger partial charge in [-0.25, -0.2) is 14.0 Å². The molecule has 6 heteroatoms. The van der Waals surface area contributed by atoms with Crippen molar-refractivity contribution in [3.63, 3.8) is 0 Å². The minimum Gasteiger partial charge on any atom is -0.467 e. The van der Waals surface area contributed by atoms with Gasteiger partial charge in [0.15, 0.2) is 0 Å². The molecule has 2 atom stereocenters. The summed E-state index contributed by atoms with van der Waals surface area (Å²) in [7, 11) is 1.23. The van der Waals surface area contributed by atoms with Crippen molar-refractivity contribution in [1.82, 2.24) is 4.90 Å². The van der Waals surface area contributed by atoms with Crippen LogP contribution in [0.5, 0.6) is 0 Å². The van der Waals surface area contributed by atoms with Crippen LogP contribution in [0.4, 0.5) is 9.18 Å². The lowest BCUT2D eigenvalue weighted by Crippen LogP contribution is -2.44. The number of amides is 1. The lowest BCUT2D eigenvalue weighted by atomic mass is 9.97. The SMILES string of the molecule is CCCC1(F)C[C@@H]([12C](=O)OC)N(C(=O)OC(C)(C)C)C1. The maximum absolute atomic E-state index is 14.6. The molecule has 20 heavy (non-hydrogen) atoms. The van der Waals surface area contributed by atoms with E-state index in [1.807, 2.05) is 6.92 Å². The Hall–Kier alpha value is -1.33. The van der Waals surface area contributed by atoms with E-state index in [1.54, 1.807) is 20.8 Å². The van der Waals surface area contributed by atoms with E-state index >= 15 is 0 Å². The molecule has 0 spiro atoms.